The zero-order chi connectivity index (χ0) is 19.6. The lowest BCUT2D eigenvalue weighted by Crippen LogP contribution is -2.38. The van der Waals surface area contributed by atoms with E-state index < -0.39 is 0 Å². The molecule has 0 saturated heterocycles. The van der Waals surface area contributed by atoms with Crippen molar-refractivity contribution in [1.82, 2.24) is 20.4 Å². The highest BCUT2D eigenvalue weighted by molar-refractivity contribution is 14.0. The second-order valence-electron chi connectivity index (χ2n) is 6.89. The lowest BCUT2D eigenvalue weighted by Gasteiger charge is -2.15. The molecule has 0 amide bonds. The van der Waals surface area contributed by atoms with Crippen molar-refractivity contribution in [3.05, 3.63) is 47.3 Å². The maximum Gasteiger partial charge on any atom is 0.190 e. The van der Waals surface area contributed by atoms with Crippen LogP contribution in [-0.4, -0.2) is 43.0 Å². The number of methoxy groups -OCH3 is 1. The lowest BCUT2D eigenvalue weighted by atomic mass is 9.98. The molecule has 28 heavy (non-hydrogen) atoms. The smallest absolute Gasteiger partial charge is 0.190 e. The quantitative estimate of drug-likeness (QED) is 0.238. The van der Waals surface area contributed by atoms with Gasteiger partial charge in [-0.25, -0.2) is 0 Å². The van der Waals surface area contributed by atoms with E-state index in [-0.39, 0.29) is 24.0 Å². The van der Waals surface area contributed by atoms with E-state index in [9.17, 15) is 0 Å². The fourth-order valence-electron chi connectivity index (χ4n) is 3.06. The van der Waals surface area contributed by atoms with Crippen LogP contribution in [0.3, 0.4) is 0 Å². The van der Waals surface area contributed by atoms with Crippen molar-refractivity contribution in [2.24, 2.45) is 4.99 Å². The Morgan fingerprint density at radius 2 is 1.86 bits per heavy atom. The fraction of sp³-hybridized carbons (Fsp3) is 0.524. The maximum atomic E-state index is 5.22. The third-order valence-electron chi connectivity index (χ3n) is 4.72. The van der Waals surface area contributed by atoms with Crippen LogP contribution in [0.4, 0.5) is 0 Å². The predicted octanol–water partition coefficient (Wildman–Crippen LogP) is 3.88. The summed E-state index contributed by atoms with van der Waals surface area (Å²) in [5.74, 6) is 2.23. The molecule has 1 unspecified atom stereocenters. The molecule has 0 spiro atoms. The molecule has 0 aliphatic rings. The molecule has 0 radical (unpaired) electrons. The Bertz CT molecular complexity index is 727. The molecule has 1 aromatic heterocycles. The van der Waals surface area contributed by atoms with Gasteiger partial charge in [0.05, 0.1) is 12.8 Å². The Kier molecular flexibility index (Phi) is 11.0. The molecule has 0 fully saturated rings. The maximum absolute atomic E-state index is 5.22. The SMILES string of the molecule is CN=C(NCCCn1nc(C)cc1C)NCCC(C)c1ccc(OC)cc1.I. The molecular formula is C21H34IN5O. The van der Waals surface area contributed by atoms with E-state index in [1.54, 1.807) is 7.11 Å². The third-order valence-corrected chi connectivity index (χ3v) is 4.72. The number of guanidine groups is 1. The standard InChI is InChI=1S/C21H33N5O.HI/c1-16(19-7-9-20(27-5)10-8-19)11-13-24-21(22-4)23-12-6-14-26-18(3)15-17(2)25-26;/h7-10,15-16H,6,11-14H2,1-5H3,(H2,22,23,24);1H. The summed E-state index contributed by atoms with van der Waals surface area (Å²) in [5, 5.41) is 11.3. The first-order valence-electron chi connectivity index (χ1n) is 9.63. The van der Waals surface area contributed by atoms with Gasteiger partial charge in [0, 0.05) is 32.4 Å². The van der Waals surface area contributed by atoms with Crippen molar-refractivity contribution in [3.63, 3.8) is 0 Å². The number of benzene rings is 1. The molecule has 0 aliphatic heterocycles. The van der Waals surface area contributed by atoms with Gasteiger partial charge in [-0.3, -0.25) is 9.67 Å². The summed E-state index contributed by atoms with van der Waals surface area (Å²) in [6, 6.07) is 10.4. The second-order valence-corrected chi connectivity index (χ2v) is 6.89. The van der Waals surface area contributed by atoms with E-state index in [2.05, 4.69) is 57.5 Å². The Morgan fingerprint density at radius 3 is 2.43 bits per heavy atom. The van der Waals surface area contributed by atoms with Crippen LogP contribution in [0.15, 0.2) is 35.3 Å². The van der Waals surface area contributed by atoms with Crippen molar-refractivity contribution in [2.75, 3.05) is 27.2 Å². The molecule has 0 aliphatic carbocycles. The highest BCUT2D eigenvalue weighted by Gasteiger charge is 2.06. The van der Waals surface area contributed by atoms with Gasteiger partial charge < -0.3 is 15.4 Å². The van der Waals surface area contributed by atoms with Gasteiger partial charge in [0.2, 0.25) is 0 Å². The van der Waals surface area contributed by atoms with E-state index >= 15 is 0 Å². The van der Waals surface area contributed by atoms with E-state index in [1.165, 1.54) is 11.3 Å². The van der Waals surface area contributed by atoms with Gasteiger partial charge in [0.1, 0.15) is 5.75 Å². The van der Waals surface area contributed by atoms with Crippen LogP contribution in [0, 0.1) is 13.8 Å². The lowest BCUT2D eigenvalue weighted by molar-refractivity contribution is 0.414. The first-order chi connectivity index (χ1) is 13.0. The van der Waals surface area contributed by atoms with Gasteiger partial charge in [0.25, 0.3) is 0 Å². The summed E-state index contributed by atoms with van der Waals surface area (Å²) in [5.41, 5.74) is 3.61. The zero-order valence-electron chi connectivity index (χ0n) is 17.7. The van der Waals surface area contributed by atoms with Crippen LogP contribution < -0.4 is 15.4 Å². The van der Waals surface area contributed by atoms with Gasteiger partial charge in [-0.05, 0) is 56.4 Å². The minimum atomic E-state index is 0. The van der Waals surface area contributed by atoms with E-state index in [0.29, 0.717) is 5.92 Å². The minimum absolute atomic E-state index is 0. The summed E-state index contributed by atoms with van der Waals surface area (Å²) in [6.45, 7) is 9.03. The third kappa shape index (κ3) is 7.69. The molecule has 1 atom stereocenters. The summed E-state index contributed by atoms with van der Waals surface area (Å²) in [6.07, 6.45) is 2.05. The second kappa shape index (κ2) is 12.6. The molecule has 156 valence electrons. The first kappa shape index (κ1) is 24.3. The molecule has 6 nitrogen and oxygen atoms in total. The molecule has 2 aromatic rings. The Morgan fingerprint density at radius 1 is 1.18 bits per heavy atom. The van der Waals surface area contributed by atoms with Crippen molar-refractivity contribution < 1.29 is 4.74 Å². The van der Waals surface area contributed by atoms with Crippen LogP contribution in [0.25, 0.3) is 0 Å². The summed E-state index contributed by atoms with van der Waals surface area (Å²) in [4.78, 5) is 4.30. The van der Waals surface area contributed by atoms with Crippen LogP contribution in [0.2, 0.25) is 0 Å². The number of aryl methyl sites for hydroxylation is 3. The topological polar surface area (TPSA) is 63.5 Å². The number of rotatable bonds is 9. The molecular weight excluding hydrogens is 465 g/mol. The Hall–Kier alpha value is -1.77. The summed E-state index contributed by atoms with van der Waals surface area (Å²) >= 11 is 0. The Labute approximate surface area is 186 Å². The van der Waals surface area contributed by atoms with Crippen molar-refractivity contribution in [3.8, 4) is 5.75 Å². The number of nitrogens with one attached hydrogen (secondary N) is 2. The molecule has 2 N–H and O–H groups in total. The highest BCUT2D eigenvalue weighted by Crippen LogP contribution is 2.21. The number of hydrogen-bond acceptors (Lipinski definition) is 3. The van der Waals surface area contributed by atoms with Gasteiger partial charge in [-0.15, -0.1) is 24.0 Å². The average molecular weight is 499 g/mol. The molecule has 0 saturated carbocycles. The number of hydrogen-bond donors (Lipinski definition) is 2. The highest BCUT2D eigenvalue weighted by atomic mass is 127. The summed E-state index contributed by atoms with van der Waals surface area (Å²) in [7, 11) is 3.50. The zero-order valence-corrected chi connectivity index (χ0v) is 20.0. The number of nitrogens with zero attached hydrogens (tertiary/aromatic N) is 3. The predicted molar refractivity (Wildman–Crippen MR) is 127 cm³/mol. The number of halogens is 1. The molecule has 7 heteroatoms. The van der Waals surface area contributed by atoms with Crippen molar-refractivity contribution >= 4 is 29.9 Å². The van der Waals surface area contributed by atoms with Gasteiger partial charge in [0.15, 0.2) is 5.96 Å². The van der Waals surface area contributed by atoms with E-state index in [4.69, 9.17) is 4.74 Å². The largest absolute Gasteiger partial charge is 0.497 e. The number of ether oxygens (including phenoxy) is 1. The minimum Gasteiger partial charge on any atom is -0.497 e. The Balaban J connectivity index is 0.00000392. The van der Waals surface area contributed by atoms with E-state index in [1.807, 2.05) is 26.1 Å². The molecule has 2 rings (SSSR count). The molecule has 0 bridgehead atoms. The molecule has 1 heterocycles. The van der Waals surface area contributed by atoms with Crippen LogP contribution in [0.5, 0.6) is 5.75 Å². The monoisotopic (exact) mass is 499 g/mol. The van der Waals surface area contributed by atoms with Crippen LogP contribution in [0.1, 0.15) is 42.6 Å². The van der Waals surface area contributed by atoms with E-state index in [0.717, 1.165) is 49.9 Å². The fourth-order valence-corrected chi connectivity index (χ4v) is 3.06. The van der Waals surface area contributed by atoms with Crippen molar-refractivity contribution in [1.29, 1.82) is 0 Å². The van der Waals surface area contributed by atoms with Gasteiger partial charge in [-0.2, -0.15) is 5.10 Å². The average Bonchev–Trinajstić information content (AvgIpc) is 3.00. The summed E-state index contributed by atoms with van der Waals surface area (Å²) < 4.78 is 7.28. The van der Waals surface area contributed by atoms with Crippen LogP contribution >= 0.6 is 24.0 Å². The van der Waals surface area contributed by atoms with Gasteiger partial charge in [-0.1, -0.05) is 19.1 Å². The van der Waals surface area contributed by atoms with Crippen molar-refractivity contribution in [2.45, 2.75) is 46.1 Å². The first-order valence-corrected chi connectivity index (χ1v) is 9.63. The molecule has 1 aromatic carbocycles. The van der Waals surface area contributed by atoms with Crippen LogP contribution in [-0.2, 0) is 6.54 Å². The van der Waals surface area contributed by atoms with Gasteiger partial charge >= 0.3 is 0 Å². The normalized spacial score (nSPS) is 12.2. The number of aromatic nitrogens is 2. The number of aliphatic imine (C=N–C) groups is 1.